The van der Waals surface area contributed by atoms with Gasteiger partial charge in [-0.05, 0) is 35.9 Å². The standard InChI is InChI=1S/C20H17FN4O3/c21-15-4-2-1-3-14(15)11-23-20(26)16-6-8-19(25-24-16)22-10-13-5-7-17-18(9-13)28-12-27-17/h1-9H,10-12H2,(H,22,25)(H,23,26). The van der Waals surface area contributed by atoms with E-state index in [0.717, 1.165) is 11.3 Å². The molecule has 3 aromatic rings. The predicted octanol–water partition coefficient (Wildman–Crippen LogP) is 2.89. The van der Waals surface area contributed by atoms with Gasteiger partial charge in [-0.1, -0.05) is 24.3 Å². The van der Waals surface area contributed by atoms with Crippen molar-refractivity contribution in [3.05, 3.63) is 77.2 Å². The molecule has 0 radical (unpaired) electrons. The molecule has 4 rings (SSSR count). The molecule has 0 bridgehead atoms. The highest BCUT2D eigenvalue weighted by Crippen LogP contribution is 2.32. The van der Waals surface area contributed by atoms with Crippen LogP contribution in [0.3, 0.4) is 0 Å². The lowest BCUT2D eigenvalue weighted by atomic mass is 10.2. The molecule has 2 heterocycles. The molecule has 8 heteroatoms. The molecule has 1 aliphatic rings. The fraction of sp³-hybridized carbons (Fsp3) is 0.150. The first-order valence-electron chi connectivity index (χ1n) is 8.67. The monoisotopic (exact) mass is 380 g/mol. The van der Waals surface area contributed by atoms with Gasteiger partial charge in [-0.25, -0.2) is 4.39 Å². The van der Waals surface area contributed by atoms with Crippen LogP contribution in [-0.4, -0.2) is 22.9 Å². The van der Waals surface area contributed by atoms with Crippen molar-refractivity contribution in [2.45, 2.75) is 13.1 Å². The first-order valence-corrected chi connectivity index (χ1v) is 8.67. The summed E-state index contributed by atoms with van der Waals surface area (Å²) in [4.78, 5) is 12.1. The van der Waals surface area contributed by atoms with Gasteiger partial charge in [0.2, 0.25) is 6.79 Å². The third kappa shape index (κ3) is 4.01. The van der Waals surface area contributed by atoms with Crippen LogP contribution in [0, 0.1) is 5.82 Å². The van der Waals surface area contributed by atoms with Crippen molar-refractivity contribution in [3.8, 4) is 11.5 Å². The van der Waals surface area contributed by atoms with E-state index in [1.54, 1.807) is 30.3 Å². The zero-order valence-electron chi connectivity index (χ0n) is 14.8. The molecule has 0 atom stereocenters. The Morgan fingerprint density at radius 1 is 1.00 bits per heavy atom. The summed E-state index contributed by atoms with van der Waals surface area (Å²) in [6, 6.07) is 15.2. The second-order valence-corrected chi connectivity index (χ2v) is 6.12. The summed E-state index contributed by atoms with van der Waals surface area (Å²) in [5.74, 6) is 1.19. The van der Waals surface area contributed by atoms with Crippen LogP contribution in [0.25, 0.3) is 0 Å². The zero-order chi connectivity index (χ0) is 19.3. The molecular formula is C20H17FN4O3. The lowest BCUT2D eigenvalue weighted by Crippen LogP contribution is -2.24. The van der Waals surface area contributed by atoms with Gasteiger partial charge in [-0.15, -0.1) is 10.2 Å². The molecular weight excluding hydrogens is 363 g/mol. The second-order valence-electron chi connectivity index (χ2n) is 6.12. The molecule has 7 nitrogen and oxygen atoms in total. The molecule has 2 aromatic carbocycles. The van der Waals surface area contributed by atoms with Crippen molar-refractivity contribution in [2.24, 2.45) is 0 Å². The van der Waals surface area contributed by atoms with Crippen LogP contribution in [0.4, 0.5) is 10.2 Å². The number of carbonyl (C=O) groups excluding carboxylic acids is 1. The van der Waals surface area contributed by atoms with Gasteiger partial charge in [0.1, 0.15) is 11.6 Å². The van der Waals surface area contributed by atoms with Gasteiger partial charge in [0.05, 0.1) is 0 Å². The summed E-state index contributed by atoms with van der Waals surface area (Å²) in [7, 11) is 0. The maximum atomic E-state index is 13.6. The lowest BCUT2D eigenvalue weighted by Gasteiger charge is -2.08. The van der Waals surface area contributed by atoms with E-state index in [-0.39, 0.29) is 24.8 Å². The molecule has 1 amide bonds. The van der Waals surface area contributed by atoms with Crippen molar-refractivity contribution < 1.29 is 18.7 Å². The van der Waals surface area contributed by atoms with Crippen LogP contribution in [0.2, 0.25) is 0 Å². The van der Waals surface area contributed by atoms with E-state index in [1.165, 1.54) is 6.07 Å². The number of hydrogen-bond acceptors (Lipinski definition) is 6. The van der Waals surface area contributed by atoms with Crippen molar-refractivity contribution in [3.63, 3.8) is 0 Å². The fourth-order valence-electron chi connectivity index (χ4n) is 2.70. The van der Waals surface area contributed by atoms with Crippen LogP contribution in [0.15, 0.2) is 54.6 Å². The van der Waals surface area contributed by atoms with E-state index in [4.69, 9.17) is 9.47 Å². The summed E-state index contributed by atoms with van der Waals surface area (Å²) >= 11 is 0. The summed E-state index contributed by atoms with van der Waals surface area (Å²) < 4.78 is 24.2. The predicted molar refractivity (Wildman–Crippen MR) is 99.5 cm³/mol. The van der Waals surface area contributed by atoms with Gasteiger partial charge in [0, 0.05) is 18.7 Å². The second kappa shape index (κ2) is 7.91. The molecule has 0 unspecified atom stereocenters. The van der Waals surface area contributed by atoms with E-state index in [1.807, 2.05) is 18.2 Å². The van der Waals surface area contributed by atoms with Gasteiger partial charge in [0.15, 0.2) is 17.2 Å². The Kier molecular flexibility index (Phi) is 5.01. The molecule has 0 saturated carbocycles. The van der Waals surface area contributed by atoms with Gasteiger partial charge in [-0.3, -0.25) is 4.79 Å². The first-order chi connectivity index (χ1) is 13.7. The Hall–Kier alpha value is -3.68. The van der Waals surface area contributed by atoms with Gasteiger partial charge in [0.25, 0.3) is 5.91 Å². The summed E-state index contributed by atoms with van der Waals surface area (Å²) in [5, 5.41) is 13.7. The van der Waals surface area contributed by atoms with Crippen LogP contribution >= 0.6 is 0 Å². The molecule has 0 aliphatic carbocycles. The number of amides is 1. The largest absolute Gasteiger partial charge is 0.454 e. The number of halogens is 1. The minimum absolute atomic E-state index is 0.0807. The van der Waals surface area contributed by atoms with Crippen molar-refractivity contribution in [1.29, 1.82) is 0 Å². The van der Waals surface area contributed by atoms with Crippen LogP contribution in [0.1, 0.15) is 21.6 Å². The molecule has 0 spiro atoms. The minimum Gasteiger partial charge on any atom is -0.454 e. The number of anilines is 1. The maximum absolute atomic E-state index is 13.6. The lowest BCUT2D eigenvalue weighted by molar-refractivity contribution is 0.0944. The van der Waals surface area contributed by atoms with E-state index < -0.39 is 5.91 Å². The number of rotatable bonds is 6. The number of aromatic nitrogens is 2. The average Bonchev–Trinajstić information content (AvgIpc) is 3.20. The number of benzene rings is 2. The number of carbonyl (C=O) groups is 1. The van der Waals surface area contributed by atoms with E-state index in [0.29, 0.717) is 23.7 Å². The number of ether oxygens (including phenoxy) is 2. The Morgan fingerprint density at radius 3 is 2.68 bits per heavy atom. The van der Waals surface area contributed by atoms with E-state index in [9.17, 15) is 9.18 Å². The molecule has 1 aromatic heterocycles. The quantitative estimate of drug-likeness (QED) is 0.684. The van der Waals surface area contributed by atoms with Gasteiger partial charge in [-0.2, -0.15) is 0 Å². The topological polar surface area (TPSA) is 85.4 Å². The molecule has 1 aliphatic heterocycles. The third-order valence-electron chi connectivity index (χ3n) is 4.21. The normalized spacial score (nSPS) is 11.9. The highest BCUT2D eigenvalue weighted by atomic mass is 19.1. The van der Waals surface area contributed by atoms with Gasteiger partial charge >= 0.3 is 0 Å². The Morgan fingerprint density at radius 2 is 1.86 bits per heavy atom. The molecule has 0 saturated heterocycles. The summed E-state index contributed by atoms with van der Waals surface area (Å²) in [6.07, 6.45) is 0. The third-order valence-corrected chi connectivity index (χ3v) is 4.21. The van der Waals surface area contributed by atoms with E-state index >= 15 is 0 Å². The fourth-order valence-corrected chi connectivity index (χ4v) is 2.70. The Bertz CT molecular complexity index is 995. The SMILES string of the molecule is O=C(NCc1ccccc1F)c1ccc(NCc2ccc3c(c2)OCO3)nn1. The van der Waals surface area contributed by atoms with E-state index in [2.05, 4.69) is 20.8 Å². The van der Waals surface area contributed by atoms with Crippen LogP contribution in [-0.2, 0) is 13.1 Å². The van der Waals surface area contributed by atoms with Crippen LogP contribution < -0.4 is 20.1 Å². The molecule has 142 valence electrons. The number of fused-ring (bicyclic) bond motifs is 1. The van der Waals surface area contributed by atoms with Crippen molar-refractivity contribution in [2.75, 3.05) is 12.1 Å². The Balaban J connectivity index is 1.32. The number of nitrogens with one attached hydrogen (secondary N) is 2. The molecule has 0 fully saturated rings. The van der Waals surface area contributed by atoms with Gasteiger partial charge < -0.3 is 20.1 Å². The first kappa shape index (κ1) is 17.7. The smallest absolute Gasteiger partial charge is 0.272 e. The highest BCUT2D eigenvalue weighted by Gasteiger charge is 2.13. The summed E-state index contributed by atoms with van der Waals surface area (Å²) in [5.41, 5.74) is 1.56. The van der Waals surface area contributed by atoms with Crippen molar-refractivity contribution in [1.82, 2.24) is 15.5 Å². The molecule has 2 N–H and O–H groups in total. The van der Waals surface area contributed by atoms with Crippen LogP contribution in [0.5, 0.6) is 11.5 Å². The number of nitrogens with zero attached hydrogens (tertiary/aromatic N) is 2. The van der Waals surface area contributed by atoms with Crippen molar-refractivity contribution >= 4 is 11.7 Å². The number of hydrogen-bond donors (Lipinski definition) is 2. The highest BCUT2D eigenvalue weighted by molar-refractivity contribution is 5.92. The maximum Gasteiger partial charge on any atom is 0.272 e. The molecule has 28 heavy (non-hydrogen) atoms. The average molecular weight is 380 g/mol. The zero-order valence-corrected chi connectivity index (χ0v) is 14.8. The summed E-state index contributed by atoms with van der Waals surface area (Å²) in [6.45, 7) is 0.833. The Labute approximate surface area is 160 Å². The minimum atomic E-state index is -0.418.